The van der Waals surface area contributed by atoms with E-state index in [1.807, 2.05) is 18.2 Å². The normalized spacial score (nSPS) is 17.2. The SMILES string of the molecule is COC1CCN(Cc2nc(Cc3ccccc3)no2)CC1. The van der Waals surface area contributed by atoms with Gasteiger partial charge in [-0.3, -0.25) is 4.90 Å². The van der Waals surface area contributed by atoms with Crippen LogP contribution in [-0.4, -0.2) is 41.3 Å². The topological polar surface area (TPSA) is 51.4 Å². The Morgan fingerprint density at radius 3 is 2.71 bits per heavy atom. The molecule has 5 heteroatoms. The largest absolute Gasteiger partial charge is 0.381 e. The van der Waals surface area contributed by atoms with Crippen molar-refractivity contribution < 1.29 is 9.26 Å². The second-order valence-electron chi connectivity index (χ2n) is 5.48. The van der Waals surface area contributed by atoms with Gasteiger partial charge >= 0.3 is 0 Å². The van der Waals surface area contributed by atoms with Gasteiger partial charge in [0.2, 0.25) is 5.89 Å². The van der Waals surface area contributed by atoms with E-state index < -0.39 is 0 Å². The van der Waals surface area contributed by atoms with Crippen molar-refractivity contribution in [3.05, 3.63) is 47.6 Å². The highest BCUT2D eigenvalue weighted by Gasteiger charge is 2.20. The second kappa shape index (κ2) is 6.83. The molecule has 1 aromatic carbocycles. The maximum Gasteiger partial charge on any atom is 0.240 e. The molecule has 1 aromatic heterocycles. The van der Waals surface area contributed by atoms with Crippen molar-refractivity contribution in [2.75, 3.05) is 20.2 Å². The lowest BCUT2D eigenvalue weighted by atomic mass is 10.1. The van der Waals surface area contributed by atoms with Crippen LogP contribution in [0.4, 0.5) is 0 Å². The van der Waals surface area contributed by atoms with Crippen molar-refractivity contribution in [3.63, 3.8) is 0 Å². The quantitative estimate of drug-likeness (QED) is 0.844. The standard InChI is InChI=1S/C16H21N3O2/c1-20-14-7-9-19(10-8-14)12-16-17-15(18-21-16)11-13-5-3-2-4-6-13/h2-6,14H,7-12H2,1H3. The van der Waals surface area contributed by atoms with Gasteiger partial charge in [-0.2, -0.15) is 4.98 Å². The summed E-state index contributed by atoms with van der Waals surface area (Å²) in [6.45, 7) is 2.78. The molecule has 1 fully saturated rings. The number of hydrogen-bond donors (Lipinski definition) is 0. The first-order chi connectivity index (χ1) is 10.3. The Kier molecular flexibility index (Phi) is 4.62. The maximum atomic E-state index is 5.38. The van der Waals surface area contributed by atoms with Crippen LogP contribution in [0.2, 0.25) is 0 Å². The number of rotatable bonds is 5. The number of aromatic nitrogens is 2. The molecule has 0 saturated carbocycles. The zero-order valence-electron chi connectivity index (χ0n) is 12.4. The second-order valence-corrected chi connectivity index (χ2v) is 5.48. The first-order valence-corrected chi connectivity index (χ1v) is 7.44. The summed E-state index contributed by atoms with van der Waals surface area (Å²) in [4.78, 5) is 6.83. The Morgan fingerprint density at radius 1 is 1.24 bits per heavy atom. The molecular weight excluding hydrogens is 266 g/mol. The lowest BCUT2D eigenvalue weighted by molar-refractivity contribution is 0.0359. The van der Waals surface area contributed by atoms with Gasteiger partial charge in [0.25, 0.3) is 0 Å². The van der Waals surface area contributed by atoms with Gasteiger partial charge in [-0.25, -0.2) is 0 Å². The minimum Gasteiger partial charge on any atom is -0.381 e. The molecule has 0 amide bonds. The highest BCUT2D eigenvalue weighted by Crippen LogP contribution is 2.15. The van der Waals surface area contributed by atoms with Crippen LogP contribution in [-0.2, 0) is 17.7 Å². The van der Waals surface area contributed by atoms with E-state index in [0.717, 1.165) is 44.7 Å². The van der Waals surface area contributed by atoms with E-state index in [4.69, 9.17) is 9.26 Å². The molecule has 2 aromatic rings. The zero-order chi connectivity index (χ0) is 14.5. The minimum atomic E-state index is 0.401. The van der Waals surface area contributed by atoms with Crippen molar-refractivity contribution in [1.29, 1.82) is 0 Å². The fourth-order valence-corrected chi connectivity index (χ4v) is 2.70. The van der Waals surface area contributed by atoms with Crippen LogP contribution in [0, 0.1) is 0 Å². The summed E-state index contributed by atoms with van der Waals surface area (Å²) in [5, 5.41) is 4.07. The zero-order valence-corrected chi connectivity index (χ0v) is 12.4. The molecule has 1 aliphatic rings. The predicted molar refractivity (Wildman–Crippen MR) is 78.9 cm³/mol. The first-order valence-electron chi connectivity index (χ1n) is 7.44. The molecule has 0 N–H and O–H groups in total. The van der Waals surface area contributed by atoms with Gasteiger partial charge < -0.3 is 9.26 Å². The number of likely N-dealkylation sites (tertiary alicyclic amines) is 1. The number of benzene rings is 1. The molecule has 3 rings (SSSR count). The number of hydrogen-bond acceptors (Lipinski definition) is 5. The van der Waals surface area contributed by atoms with Crippen LogP contribution in [0.5, 0.6) is 0 Å². The van der Waals surface area contributed by atoms with Crippen LogP contribution in [0.25, 0.3) is 0 Å². The molecular formula is C16H21N3O2. The summed E-state index contributed by atoms with van der Waals surface area (Å²) in [6, 6.07) is 10.2. The molecule has 5 nitrogen and oxygen atoms in total. The molecule has 2 heterocycles. The monoisotopic (exact) mass is 287 g/mol. The van der Waals surface area contributed by atoms with Crippen LogP contribution < -0.4 is 0 Å². The summed E-state index contributed by atoms with van der Waals surface area (Å²) >= 11 is 0. The van der Waals surface area contributed by atoms with Gasteiger partial charge in [-0.1, -0.05) is 35.5 Å². The Bertz CT molecular complexity index is 548. The minimum absolute atomic E-state index is 0.401. The smallest absolute Gasteiger partial charge is 0.240 e. The molecule has 0 spiro atoms. The molecule has 0 aliphatic carbocycles. The van der Waals surface area contributed by atoms with Crippen LogP contribution in [0.3, 0.4) is 0 Å². The summed E-state index contributed by atoms with van der Waals surface area (Å²) in [5.41, 5.74) is 1.20. The fraction of sp³-hybridized carbons (Fsp3) is 0.500. The third-order valence-electron chi connectivity index (χ3n) is 3.94. The molecule has 0 radical (unpaired) electrons. The third kappa shape index (κ3) is 3.89. The summed E-state index contributed by atoms with van der Waals surface area (Å²) in [7, 11) is 1.79. The van der Waals surface area contributed by atoms with E-state index in [9.17, 15) is 0 Å². The molecule has 1 aliphatic heterocycles. The highest BCUT2D eigenvalue weighted by atomic mass is 16.5. The maximum absolute atomic E-state index is 5.38. The lowest BCUT2D eigenvalue weighted by Gasteiger charge is -2.29. The van der Waals surface area contributed by atoms with Gasteiger partial charge in [0.15, 0.2) is 5.82 Å². The Balaban J connectivity index is 1.53. The molecule has 0 atom stereocenters. The van der Waals surface area contributed by atoms with Crippen molar-refractivity contribution in [1.82, 2.24) is 15.0 Å². The number of methoxy groups -OCH3 is 1. The van der Waals surface area contributed by atoms with Crippen molar-refractivity contribution in [3.8, 4) is 0 Å². The number of nitrogens with zero attached hydrogens (tertiary/aromatic N) is 3. The average molecular weight is 287 g/mol. The average Bonchev–Trinajstić information content (AvgIpc) is 2.96. The van der Waals surface area contributed by atoms with Crippen molar-refractivity contribution in [2.45, 2.75) is 31.9 Å². The van der Waals surface area contributed by atoms with E-state index in [0.29, 0.717) is 12.0 Å². The van der Waals surface area contributed by atoms with Gasteiger partial charge in [0.05, 0.1) is 12.6 Å². The van der Waals surface area contributed by atoms with Gasteiger partial charge in [0, 0.05) is 26.6 Å². The Labute approximate surface area is 124 Å². The molecule has 21 heavy (non-hydrogen) atoms. The van der Waals surface area contributed by atoms with Gasteiger partial charge in [0.1, 0.15) is 0 Å². The van der Waals surface area contributed by atoms with Gasteiger partial charge in [-0.15, -0.1) is 0 Å². The van der Waals surface area contributed by atoms with Crippen LogP contribution >= 0.6 is 0 Å². The molecule has 0 bridgehead atoms. The van der Waals surface area contributed by atoms with Crippen LogP contribution in [0.1, 0.15) is 30.1 Å². The molecule has 0 unspecified atom stereocenters. The number of piperidine rings is 1. The van der Waals surface area contributed by atoms with Gasteiger partial charge in [-0.05, 0) is 18.4 Å². The van der Waals surface area contributed by atoms with Crippen molar-refractivity contribution >= 4 is 0 Å². The van der Waals surface area contributed by atoms with Crippen molar-refractivity contribution in [2.24, 2.45) is 0 Å². The van der Waals surface area contributed by atoms with E-state index in [1.54, 1.807) is 7.11 Å². The van der Waals surface area contributed by atoms with E-state index in [1.165, 1.54) is 5.56 Å². The third-order valence-corrected chi connectivity index (χ3v) is 3.94. The molecule has 112 valence electrons. The highest BCUT2D eigenvalue weighted by molar-refractivity contribution is 5.18. The van der Waals surface area contributed by atoms with E-state index in [2.05, 4.69) is 27.2 Å². The lowest BCUT2D eigenvalue weighted by Crippen LogP contribution is -2.36. The first kappa shape index (κ1) is 14.2. The molecule has 1 saturated heterocycles. The Morgan fingerprint density at radius 2 is 2.00 bits per heavy atom. The predicted octanol–water partition coefficient (Wildman–Crippen LogP) is 2.27. The fourth-order valence-electron chi connectivity index (χ4n) is 2.70. The van der Waals surface area contributed by atoms with Crippen LogP contribution in [0.15, 0.2) is 34.9 Å². The summed E-state index contributed by atoms with van der Waals surface area (Å²) in [6.07, 6.45) is 3.26. The number of ether oxygens (including phenoxy) is 1. The Hall–Kier alpha value is -1.72. The summed E-state index contributed by atoms with van der Waals surface area (Å²) < 4.78 is 10.7. The summed E-state index contributed by atoms with van der Waals surface area (Å²) in [5.74, 6) is 1.46. The van der Waals surface area contributed by atoms with E-state index in [-0.39, 0.29) is 0 Å². The van der Waals surface area contributed by atoms with E-state index >= 15 is 0 Å².